The van der Waals surface area contributed by atoms with Crippen molar-refractivity contribution in [1.82, 2.24) is 19.8 Å². The van der Waals surface area contributed by atoms with Crippen LogP contribution in [0, 0.1) is 0 Å². The minimum absolute atomic E-state index is 0.255. The Morgan fingerprint density at radius 2 is 1.81 bits per heavy atom. The molecule has 1 fully saturated rings. The van der Waals surface area contributed by atoms with Crippen molar-refractivity contribution in [3.63, 3.8) is 0 Å². The summed E-state index contributed by atoms with van der Waals surface area (Å²) in [5.74, 6) is -0.118. The molecule has 37 heavy (non-hydrogen) atoms. The van der Waals surface area contributed by atoms with Gasteiger partial charge < -0.3 is 30.9 Å². The summed E-state index contributed by atoms with van der Waals surface area (Å²) in [6.45, 7) is 6.09. The molecule has 3 aromatic rings. The van der Waals surface area contributed by atoms with Gasteiger partial charge in [-0.2, -0.15) is 4.98 Å². The van der Waals surface area contributed by atoms with Gasteiger partial charge in [-0.3, -0.25) is 9.59 Å². The third-order valence-electron chi connectivity index (χ3n) is 5.87. The van der Waals surface area contributed by atoms with E-state index in [1.807, 2.05) is 7.05 Å². The maximum Gasteiger partial charge on any atom is 0.256 e. The Morgan fingerprint density at radius 1 is 1.08 bits per heavy atom. The van der Waals surface area contributed by atoms with Gasteiger partial charge in [-0.25, -0.2) is 4.98 Å². The maximum atomic E-state index is 13.0. The van der Waals surface area contributed by atoms with E-state index >= 15 is 0 Å². The highest BCUT2D eigenvalue weighted by molar-refractivity contribution is 6.33. The number of anilines is 5. The van der Waals surface area contributed by atoms with Gasteiger partial charge >= 0.3 is 0 Å². The highest BCUT2D eigenvalue weighted by Gasteiger charge is 2.28. The molecule has 0 spiro atoms. The Balaban J connectivity index is 1.52. The highest BCUT2D eigenvalue weighted by Crippen LogP contribution is 2.30. The van der Waals surface area contributed by atoms with Crippen LogP contribution in [-0.4, -0.2) is 69.9 Å². The molecule has 1 atom stereocenters. The molecule has 2 heterocycles. The van der Waals surface area contributed by atoms with E-state index in [1.165, 1.54) is 12.3 Å². The first-order valence-corrected chi connectivity index (χ1v) is 12.1. The predicted octanol–water partition coefficient (Wildman–Crippen LogP) is 3.55. The summed E-state index contributed by atoms with van der Waals surface area (Å²) in [7, 11) is 2.00. The molecular formula is C26H28ClN7O3. The number of carbonyl (C=O) groups excluding carboxylic acids is 2. The number of carbonyl (C=O) groups is 2. The molecule has 1 saturated heterocycles. The summed E-state index contributed by atoms with van der Waals surface area (Å²) >= 11 is 6.36. The van der Waals surface area contributed by atoms with Crippen molar-refractivity contribution >= 4 is 52.2 Å². The molecule has 2 aromatic carbocycles. The fourth-order valence-electron chi connectivity index (χ4n) is 3.82. The van der Waals surface area contributed by atoms with E-state index in [-0.39, 0.29) is 22.8 Å². The molecule has 2 amide bonds. The lowest BCUT2D eigenvalue weighted by molar-refractivity contribution is -0.142. The fourth-order valence-corrected chi connectivity index (χ4v) is 3.96. The number of halogens is 1. The number of benzene rings is 2. The van der Waals surface area contributed by atoms with Crippen molar-refractivity contribution in [1.29, 1.82) is 0 Å². The molecule has 0 saturated carbocycles. The van der Waals surface area contributed by atoms with Crippen LogP contribution in [0.4, 0.5) is 28.8 Å². The third kappa shape index (κ3) is 6.62. The number of nitrogens with one attached hydrogen (secondary N) is 3. The van der Waals surface area contributed by atoms with Gasteiger partial charge in [0.1, 0.15) is 5.02 Å². The van der Waals surface area contributed by atoms with Gasteiger partial charge in [0.25, 0.3) is 5.91 Å². The maximum absolute atomic E-state index is 13.0. The lowest BCUT2D eigenvalue weighted by atomic mass is 10.1. The van der Waals surface area contributed by atoms with Gasteiger partial charge in [0.2, 0.25) is 11.9 Å². The fraction of sp³-hybridized carbons (Fsp3) is 0.231. The summed E-state index contributed by atoms with van der Waals surface area (Å²) in [4.78, 5) is 37.1. The second-order valence-electron chi connectivity index (χ2n) is 8.53. The number of hydrogen-bond donors (Lipinski definition) is 4. The van der Waals surface area contributed by atoms with Gasteiger partial charge in [-0.15, -0.1) is 0 Å². The van der Waals surface area contributed by atoms with Crippen molar-refractivity contribution in [2.75, 3.05) is 49.2 Å². The van der Waals surface area contributed by atoms with Gasteiger partial charge in [-0.1, -0.05) is 42.4 Å². The van der Waals surface area contributed by atoms with Gasteiger partial charge in [-0.05, 0) is 37.4 Å². The predicted molar refractivity (Wildman–Crippen MR) is 144 cm³/mol. The lowest BCUT2D eigenvalue weighted by Gasteiger charge is -2.33. The minimum atomic E-state index is -1.33. The van der Waals surface area contributed by atoms with Crippen molar-refractivity contribution < 1.29 is 14.7 Å². The molecule has 0 bridgehead atoms. The van der Waals surface area contributed by atoms with E-state index in [2.05, 4.69) is 37.4 Å². The molecule has 4 rings (SSSR count). The van der Waals surface area contributed by atoms with Gasteiger partial charge in [0.15, 0.2) is 11.9 Å². The number of likely N-dealkylation sites (N-methyl/N-ethyl adjacent to an activating group) is 1. The molecular weight excluding hydrogens is 494 g/mol. The number of para-hydroxylation sites is 1. The Kier molecular flexibility index (Phi) is 8.34. The normalized spacial score (nSPS) is 14.5. The summed E-state index contributed by atoms with van der Waals surface area (Å²) in [6, 6.07) is 14.0. The Hall–Kier alpha value is -3.99. The molecule has 1 aliphatic rings. The number of nitrogens with zero attached hydrogens (tertiary/aromatic N) is 4. The SMILES string of the molecule is C=CC(=O)Nc1cccc(Nc2ncc(Cl)c(Nc3ccccc3C(O)C(=O)N3CCN(C)CC3)n2)c1. The van der Waals surface area contributed by atoms with Crippen LogP contribution in [0.1, 0.15) is 11.7 Å². The first-order valence-electron chi connectivity index (χ1n) is 11.7. The quantitative estimate of drug-likeness (QED) is 0.332. The number of aliphatic hydroxyl groups excluding tert-OH is 1. The molecule has 1 aliphatic heterocycles. The standard InChI is InChI=1S/C26H28ClN7O3/c1-3-22(35)29-17-7-6-8-18(15-17)30-26-28-16-20(27)24(32-26)31-21-10-5-4-9-19(21)23(36)25(37)34-13-11-33(2)12-14-34/h3-10,15-16,23,36H,1,11-14H2,2H3,(H,29,35)(H2,28,30,31,32). The number of rotatable bonds is 8. The number of amides is 2. The van der Waals surface area contributed by atoms with Crippen molar-refractivity contribution in [2.45, 2.75) is 6.10 Å². The lowest BCUT2D eigenvalue weighted by Crippen LogP contribution is -2.48. The van der Waals surface area contributed by atoms with Crippen LogP contribution in [0.5, 0.6) is 0 Å². The zero-order valence-electron chi connectivity index (χ0n) is 20.3. The van der Waals surface area contributed by atoms with E-state index < -0.39 is 6.10 Å². The smallest absolute Gasteiger partial charge is 0.256 e. The number of aromatic nitrogens is 2. The summed E-state index contributed by atoms with van der Waals surface area (Å²) in [5.41, 5.74) is 2.14. The van der Waals surface area contributed by atoms with E-state index in [4.69, 9.17) is 11.6 Å². The van der Waals surface area contributed by atoms with Crippen molar-refractivity contribution in [3.05, 3.63) is 78.0 Å². The van der Waals surface area contributed by atoms with Crippen LogP contribution in [0.25, 0.3) is 0 Å². The van der Waals surface area contributed by atoms with Crippen LogP contribution in [0.3, 0.4) is 0 Å². The first-order chi connectivity index (χ1) is 17.8. The van der Waals surface area contributed by atoms with E-state index in [1.54, 1.807) is 53.4 Å². The second kappa shape index (κ2) is 11.8. The summed E-state index contributed by atoms with van der Waals surface area (Å²) < 4.78 is 0. The summed E-state index contributed by atoms with van der Waals surface area (Å²) in [5, 5.41) is 20.1. The first kappa shape index (κ1) is 26.1. The van der Waals surface area contributed by atoms with Crippen LogP contribution in [-0.2, 0) is 9.59 Å². The zero-order valence-corrected chi connectivity index (χ0v) is 21.1. The highest BCUT2D eigenvalue weighted by atomic mass is 35.5. The second-order valence-corrected chi connectivity index (χ2v) is 8.94. The minimum Gasteiger partial charge on any atom is -0.378 e. The van der Waals surface area contributed by atoms with Crippen LogP contribution >= 0.6 is 11.6 Å². The molecule has 0 radical (unpaired) electrons. The van der Waals surface area contributed by atoms with Gasteiger partial charge in [0.05, 0.1) is 6.20 Å². The molecule has 11 heteroatoms. The summed E-state index contributed by atoms with van der Waals surface area (Å²) in [6.07, 6.45) is 1.30. The molecule has 0 aliphatic carbocycles. The Bertz CT molecular complexity index is 1290. The third-order valence-corrected chi connectivity index (χ3v) is 6.15. The van der Waals surface area contributed by atoms with Gasteiger partial charge in [0, 0.05) is 48.8 Å². The number of hydrogen-bond acceptors (Lipinski definition) is 8. The van der Waals surface area contributed by atoms with E-state index in [9.17, 15) is 14.7 Å². The van der Waals surface area contributed by atoms with Crippen LogP contribution < -0.4 is 16.0 Å². The monoisotopic (exact) mass is 521 g/mol. The Labute approximate surface area is 220 Å². The average Bonchev–Trinajstić information content (AvgIpc) is 2.90. The van der Waals surface area contributed by atoms with Crippen molar-refractivity contribution in [2.24, 2.45) is 0 Å². The number of aliphatic hydroxyl groups is 1. The topological polar surface area (TPSA) is 123 Å². The molecule has 192 valence electrons. The van der Waals surface area contributed by atoms with E-state index in [0.717, 1.165) is 13.1 Å². The Morgan fingerprint density at radius 3 is 2.57 bits per heavy atom. The molecule has 1 aromatic heterocycles. The zero-order chi connectivity index (χ0) is 26.4. The molecule has 4 N–H and O–H groups in total. The number of piperazine rings is 1. The van der Waals surface area contributed by atoms with E-state index in [0.29, 0.717) is 41.5 Å². The molecule has 1 unspecified atom stereocenters. The molecule has 10 nitrogen and oxygen atoms in total. The average molecular weight is 522 g/mol. The largest absolute Gasteiger partial charge is 0.378 e. The van der Waals surface area contributed by atoms with Crippen LogP contribution in [0.2, 0.25) is 5.02 Å². The van der Waals surface area contributed by atoms with Crippen molar-refractivity contribution in [3.8, 4) is 0 Å². The van der Waals surface area contributed by atoms with Crippen LogP contribution in [0.15, 0.2) is 67.4 Å².